The first kappa shape index (κ1) is 22.4. The van der Waals surface area contributed by atoms with Crippen LogP contribution < -0.4 is 10.3 Å². The molecule has 7 nitrogen and oxygen atoms in total. The lowest BCUT2D eigenvalue weighted by Crippen LogP contribution is -2.29. The van der Waals surface area contributed by atoms with Crippen LogP contribution in [0.4, 0.5) is 9.52 Å². The molecule has 0 radical (unpaired) electrons. The quantitative estimate of drug-likeness (QED) is 0.321. The highest BCUT2D eigenvalue weighted by Gasteiger charge is 2.45. The maximum atomic E-state index is 13.9. The maximum Gasteiger partial charge on any atom is 0.350 e. The number of halogens is 2. The van der Waals surface area contributed by atoms with Crippen molar-refractivity contribution in [1.82, 2.24) is 4.98 Å². The number of nitrogens with zero attached hydrogens (tertiary/aromatic N) is 2. The molecule has 2 aromatic heterocycles. The Bertz CT molecular complexity index is 1550. The van der Waals surface area contributed by atoms with E-state index in [9.17, 15) is 18.8 Å². The first-order valence-corrected chi connectivity index (χ1v) is 11.9. The van der Waals surface area contributed by atoms with Crippen LogP contribution in [-0.2, 0) is 4.74 Å². The highest BCUT2D eigenvalue weighted by Crippen LogP contribution is 2.43. The van der Waals surface area contributed by atoms with Gasteiger partial charge in [-0.15, -0.1) is 0 Å². The van der Waals surface area contributed by atoms with Gasteiger partial charge in [0.05, 0.1) is 29.3 Å². The summed E-state index contributed by atoms with van der Waals surface area (Å²) in [6.07, 6.45) is 0. The molecule has 2 aromatic carbocycles. The zero-order chi connectivity index (χ0) is 24.1. The molecule has 0 bridgehead atoms. The third-order valence-electron chi connectivity index (χ3n) is 5.45. The molecule has 172 valence electrons. The highest BCUT2D eigenvalue weighted by atomic mass is 79.9. The van der Waals surface area contributed by atoms with Crippen LogP contribution in [0, 0.1) is 12.7 Å². The van der Waals surface area contributed by atoms with Crippen LogP contribution in [0.5, 0.6) is 0 Å². The van der Waals surface area contributed by atoms with Crippen molar-refractivity contribution in [2.45, 2.75) is 19.9 Å². The van der Waals surface area contributed by atoms with Gasteiger partial charge < -0.3 is 9.15 Å². The van der Waals surface area contributed by atoms with Crippen LogP contribution in [0.15, 0.2) is 56.1 Å². The van der Waals surface area contributed by atoms with E-state index in [1.165, 1.54) is 11.0 Å². The molecule has 0 saturated heterocycles. The summed E-state index contributed by atoms with van der Waals surface area (Å²) in [5.41, 5.74) is 0.717. The average Bonchev–Trinajstić information content (AvgIpc) is 3.32. The Balaban J connectivity index is 1.76. The number of thiazole rings is 1. The van der Waals surface area contributed by atoms with E-state index in [4.69, 9.17) is 9.15 Å². The summed E-state index contributed by atoms with van der Waals surface area (Å²) in [4.78, 5) is 45.5. The standard InChI is InChI=1S/C24H16BrFN2O5S/c1-3-32-23(31)21-11(2)27-24(34-21)28-18(12-5-4-6-13(25)9-12)17-19(29)15-10-14(26)7-8-16(15)33-20(17)22(28)30/h4-10,18H,3H2,1-2H3. The van der Waals surface area contributed by atoms with Crippen molar-refractivity contribution in [3.8, 4) is 0 Å². The van der Waals surface area contributed by atoms with Gasteiger partial charge in [0.15, 0.2) is 10.6 Å². The summed E-state index contributed by atoms with van der Waals surface area (Å²) < 4.78 is 25.6. The molecule has 0 fully saturated rings. The number of aryl methyl sites for hydroxylation is 1. The molecule has 1 aliphatic rings. The molecule has 3 heterocycles. The van der Waals surface area contributed by atoms with Crippen LogP contribution in [0.1, 0.15) is 50.0 Å². The largest absolute Gasteiger partial charge is 0.462 e. The first-order chi connectivity index (χ1) is 16.3. The van der Waals surface area contributed by atoms with E-state index in [0.29, 0.717) is 11.3 Å². The Morgan fingerprint density at radius 2 is 2.06 bits per heavy atom. The number of ether oxygens (including phenoxy) is 1. The molecular weight excluding hydrogens is 527 g/mol. The predicted molar refractivity (Wildman–Crippen MR) is 128 cm³/mol. The van der Waals surface area contributed by atoms with Crippen molar-refractivity contribution in [3.05, 3.63) is 90.4 Å². The van der Waals surface area contributed by atoms with Crippen LogP contribution in [0.25, 0.3) is 11.0 Å². The van der Waals surface area contributed by atoms with E-state index >= 15 is 0 Å². The van der Waals surface area contributed by atoms with Crippen LogP contribution in [0.2, 0.25) is 0 Å². The summed E-state index contributed by atoms with van der Waals surface area (Å²) in [6, 6.07) is 9.84. The third-order valence-corrected chi connectivity index (χ3v) is 7.08. The van der Waals surface area contributed by atoms with Crippen molar-refractivity contribution >= 4 is 55.2 Å². The molecule has 0 aliphatic carbocycles. The van der Waals surface area contributed by atoms with Gasteiger partial charge in [-0.3, -0.25) is 14.5 Å². The fraction of sp³-hybridized carbons (Fsp3) is 0.167. The average molecular weight is 543 g/mol. The zero-order valence-electron chi connectivity index (χ0n) is 17.9. The van der Waals surface area contributed by atoms with Crippen LogP contribution in [-0.4, -0.2) is 23.5 Å². The van der Waals surface area contributed by atoms with Gasteiger partial charge in [-0.05, 0) is 49.7 Å². The fourth-order valence-electron chi connectivity index (χ4n) is 4.01. The Kier molecular flexibility index (Phi) is 5.57. The number of rotatable bonds is 4. The number of esters is 1. The number of hydrogen-bond acceptors (Lipinski definition) is 7. The lowest BCUT2D eigenvalue weighted by atomic mass is 9.99. The van der Waals surface area contributed by atoms with Crippen molar-refractivity contribution in [2.24, 2.45) is 0 Å². The lowest BCUT2D eigenvalue weighted by Gasteiger charge is -2.22. The van der Waals surface area contributed by atoms with E-state index in [1.807, 2.05) is 6.07 Å². The molecule has 1 aliphatic heterocycles. The number of carbonyl (C=O) groups is 2. The van der Waals surface area contributed by atoms with Gasteiger partial charge in [-0.25, -0.2) is 14.2 Å². The van der Waals surface area contributed by atoms with E-state index in [-0.39, 0.29) is 38.9 Å². The Labute approximate surface area is 204 Å². The fourth-order valence-corrected chi connectivity index (χ4v) is 5.41. The summed E-state index contributed by atoms with van der Waals surface area (Å²) in [7, 11) is 0. The SMILES string of the molecule is CCOC(=O)c1sc(N2C(=O)c3oc4ccc(F)cc4c(=O)c3C2c2cccc(Br)c2)nc1C. The summed E-state index contributed by atoms with van der Waals surface area (Å²) in [6.45, 7) is 3.54. The van der Waals surface area contributed by atoms with Gasteiger partial charge in [-0.2, -0.15) is 0 Å². The van der Waals surface area contributed by atoms with Gasteiger partial charge in [-0.1, -0.05) is 39.4 Å². The molecule has 5 rings (SSSR count). The number of hydrogen-bond donors (Lipinski definition) is 0. The van der Waals surface area contributed by atoms with Crippen LogP contribution in [0.3, 0.4) is 0 Å². The number of aromatic nitrogens is 1. The van der Waals surface area contributed by atoms with Crippen molar-refractivity contribution < 1.29 is 23.1 Å². The number of carbonyl (C=O) groups excluding carboxylic acids is 2. The molecule has 0 spiro atoms. The molecule has 0 N–H and O–H groups in total. The summed E-state index contributed by atoms with van der Waals surface area (Å²) >= 11 is 4.43. The smallest absolute Gasteiger partial charge is 0.350 e. The van der Waals surface area contributed by atoms with E-state index in [2.05, 4.69) is 20.9 Å². The molecule has 0 saturated carbocycles. The van der Waals surface area contributed by atoms with Gasteiger partial charge in [0, 0.05) is 4.47 Å². The molecule has 10 heteroatoms. The normalized spacial score (nSPS) is 15.1. The number of fused-ring (bicyclic) bond motifs is 2. The van der Waals surface area contributed by atoms with Crippen LogP contribution >= 0.6 is 27.3 Å². The minimum Gasteiger partial charge on any atom is -0.462 e. The minimum atomic E-state index is -0.885. The summed E-state index contributed by atoms with van der Waals surface area (Å²) in [5.74, 6) is -1.84. The van der Waals surface area contributed by atoms with E-state index in [0.717, 1.165) is 27.9 Å². The lowest BCUT2D eigenvalue weighted by molar-refractivity contribution is 0.0531. The van der Waals surface area contributed by atoms with Crippen molar-refractivity contribution in [2.75, 3.05) is 11.5 Å². The number of benzene rings is 2. The number of amides is 1. The molecule has 1 unspecified atom stereocenters. The molecule has 4 aromatic rings. The van der Waals surface area contributed by atoms with Crippen molar-refractivity contribution in [1.29, 1.82) is 0 Å². The summed E-state index contributed by atoms with van der Waals surface area (Å²) in [5, 5.41) is 0.257. The van der Waals surface area contributed by atoms with Gasteiger partial charge >= 0.3 is 5.97 Å². The van der Waals surface area contributed by atoms with E-state index in [1.54, 1.807) is 32.0 Å². The topological polar surface area (TPSA) is 89.7 Å². The second-order valence-corrected chi connectivity index (χ2v) is 9.47. The second-order valence-electron chi connectivity index (χ2n) is 7.58. The minimum absolute atomic E-state index is 0.0379. The highest BCUT2D eigenvalue weighted by molar-refractivity contribution is 9.10. The first-order valence-electron chi connectivity index (χ1n) is 10.3. The third kappa shape index (κ3) is 3.54. The number of anilines is 1. The monoisotopic (exact) mass is 542 g/mol. The van der Waals surface area contributed by atoms with Crippen molar-refractivity contribution in [3.63, 3.8) is 0 Å². The predicted octanol–water partition coefficient (Wildman–Crippen LogP) is 5.39. The van der Waals surface area contributed by atoms with Gasteiger partial charge in [0.1, 0.15) is 16.3 Å². The Morgan fingerprint density at radius 1 is 1.26 bits per heavy atom. The van der Waals surface area contributed by atoms with Gasteiger partial charge in [0.2, 0.25) is 5.76 Å². The Morgan fingerprint density at radius 3 is 2.79 bits per heavy atom. The molecular formula is C24H16BrFN2O5S. The van der Waals surface area contributed by atoms with Gasteiger partial charge in [0.25, 0.3) is 5.91 Å². The maximum absolute atomic E-state index is 13.9. The Hall–Kier alpha value is -3.37. The second kappa shape index (κ2) is 8.44. The molecule has 34 heavy (non-hydrogen) atoms. The molecule has 1 atom stereocenters. The van der Waals surface area contributed by atoms with E-state index < -0.39 is 29.2 Å². The molecule has 1 amide bonds. The zero-order valence-corrected chi connectivity index (χ0v) is 20.3.